The van der Waals surface area contributed by atoms with Crippen molar-refractivity contribution in [3.05, 3.63) is 69.8 Å². The normalized spacial score (nSPS) is 11.5. The number of fused-ring (bicyclic) bond motifs is 1. The molecule has 3 aromatic rings. The number of unbranched alkanes of at least 4 members (excludes halogenated alkanes) is 1. The van der Waals surface area contributed by atoms with Crippen molar-refractivity contribution in [2.45, 2.75) is 26.3 Å². The number of allylic oxidation sites excluding steroid dienone is 1. The fourth-order valence-electron chi connectivity index (χ4n) is 3.08. The molecule has 0 aliphatic carbocycles. The van der Waals surface area contributed by atoms with Crippen molar-refractivity contribution < 1.29 is 4.79 Å². The molecule has 1 N–H and O–H groups in total. The Hall–Kier alpha value is -2.40. The maximum absolute atomic E-state index is 12.7. The van der Waals surface area contributed by atoms with E-state index in [2.05, 4.69) is 41.1 Å². The van der Waals surface area contributed by atoms with Gasteiger partial charge in [-0.05, 0) is 24.6 Å². The van der Waals surface area contributed by atoms with Gasteiger partial charge in [0.05, 0.1) is 17.6 Å². The van der Waals surface area contributed by atoms with Gasteiger partial charge in [-0.2, -0.15) is 0 Å². The van der Waals surface area contributed by atoms with E-state index < -0.39 is 0 Å². The summed E-state index contributed by atoms with van der Waals surface area (Å²) in [7, 11) is 1.88. The van der Waals surface area contributed by atoms with Gasteiger partial charge in [-0.3, -0.25) is 10.2 Å². The van der Waals surface area contributed by atoms with Gasteiger partial charge in [0.1, 0.15) is 0 Å². The zero-order valence-electron chi connectivity index (χ0n) is 15.0. The maximum atomic E-state index is 12.7. The van der Waals surface area contributed by atoms with Crippen LogP contribution in [0, 0.1) is 5.41 Å². The number of imidazole rings is 1. The van der Waals surface area contributed by atoms with Gasteiger partial charge in [0.2, 0.25) is 5.62 Å². The van der Waals surface area contributed by atoms with Crippen LogP contribution in [0.3, 0.4) is 0 Å². The molecule has 0 spiro atoms. The minimum atomic E-state index is -0.00423. The van der Waals surface area contributed by atoms with Crippen molar-refractivity contribution >= 4 is 38.8 Å². The fraction of sp³-hybridized carbons (Fsp3) is 0.238. The smallest absolute Gasteiger partial charge is 0.203 e. The van der Waals surface area contributed by atoms with Gasteiger partial charge in [0, 0.05) is 22.6 Å². The molecule has 1 heterocycles. The summed E-state index contributed by atoms with van der Waals surface area (Å²) in [6.07, 6.45) is 6.39. The van der Waals surface area contributed by atoms with Crippen LogP contribution in [0.15, 0.2) is 53.0 Å². The van der Waals surface area contributed by atoms with Crippen LogP contribution in [0.4, 0.5) is 0 Å². The summed E-state index contributed by atoms with van der Waals surface area (Å²) < 4.78 is 4.56. The number of ketones is 1. The van der Waals surface area contributed by atoms with Crippen molar-refractivity contribution in [3.63, 3.8) is 0 Å². The van der Waals surface area contributed by atoms with Crippen LogP contribution < -0.4 is 5.62 Å². The molecule has 0 saturated carbocycles. The molecule has 4 nitrogen and oxygen atoms in total. The molecule has 0 saturated heterocycles. The molecule has 0 aliphatic rings. The standard InChI is InChI=1S/C21H22BrN3O/c1-3-4-5-7-16-8-6-9-18-20(16)24(2)21(23)25(18)14-19(26)15-10-12-17(22)13-11-15/h5-13,23H,3-4,14H2,1-2H3. The number of para-hydroxylation sites is 1. The van der Waals surface area contributed by atoms with Crippen molar-refractivity contribution in [1.82, 2.24) is 9.13 Å². The van der Waals surface area contributed by atoms with Crippen LogP contribution in [0.5, 0.6) is 0 Å². The zero-order valence-corrected chi connectivity index (χ0v) is 16.6. The summed E-state index contributed by atoms with van der Waals surface area (Å²) in [5, 5.41) is 8.47. The van der Waals surface area contributed by atoms with E-state index in [0.29, 0.717) is 11.2 Å². The number of aromatic nitrogens is 2. The van der Waals surface area contributed by atoms with E-state index in [1.807, 2.05) is 35.9 Å². The highest BCUT2D eigenvalue weighted by atomic mass is 79.9. The average molecular weight is 412 g/mol. The van der Waals surface area contributed by atoms with E-state index in [4.69, 9.17) is 5.41 Å². The van der Waals surface area contributed by atoms with E-state index in [1.165, 1.54) is 0 Å². The quantitative estimate of drug-likeness (QED) is 0.575. The first kappa shape index (κ1) is 18.4. The number of halogens is 1. The maximum Gasteiger partial charge on any atom is 0.203 e. The highest BCUT2D eigenvalue weighted by molar-refractivity contribution is 9.10. The summed E-state index contributed by atoms with van der Waals surface area (Å²) in [5.41, 5.74) is 3.93. The number of rotatable bonds is 6. The Labute approximate surface area is 161 Å². The molecule has 0 atom stereocenters. The van der Waals surface area contributed by atoms with Gasteiger partial charge >= 0.3 is 0 Å². The van der Waals surface area contributed by atoms with E-state index in [0.717, 1.165) is 33.9 Å². The Morgan fingerprint density at radius 2 is 1.92 bits per heavy atom. The number of nitrogens with one attached hydrogen (secondary N) is 1. The molecule has 0 bridgehead atoms. The largest absolute Gasteiger partial charge is 0.313 e. The van der Waals surface area contributed by atoms with Crippen LogP contribution in [0.25, 0.3) is 17.1 Å². The first-order valence-electron chi connectivity index (χ1n) is 8.71. The van der Waals surface area contributed by atoms with Gasteiger partial charge in [-0.25, -0.2) is 0 Å². The average Bonchev–Trinajstić information content (AvgIpc) is 2.88. The summed E-state index contributed by atoms with van der Waals surface area (Å²) in [4.78, 5) is 12.7. The fourth-order valence-corrected chi connectivity index (χ4v) is 3.34. The van der Waals surface area contributed by atoms with Crippen molar-refractivity contribution in [1.29, 1.82) is 5.41 Å². The highest BCUT2D eigenvalue weighted by Gasteiger charge is 2.14. The van der Waals surface area contributed by atoms with Gasteiger partial charge in [-0.15, -0.1) is 0 Å². The number of benzene rings is 2. The second kappa shape index (κ2) is 7.87. The Balaban J connectivity index is 2.03. The Morgan fingerprint density at radius 1 is 1.19 bits per heavy atom. The predicted octanol–water partition coefficient (Wildman–Crippen LogP) is 4.92. The summed E-state index contributed by atoms with van der Waals surface area (Å²) in [5.74, 6) is -0.00423. The first-order valence-corrected chi connectivity index (χ1v) is 9.50. The molecular formula is C21H22BrN3O. The third kappa shape index (κ3) is 3.58. The molecule has 1 aromatic heterocycles. The molecule has 0 aliphatic heterocycles. The number of hydrogen-bond donors (Lipinski definition) is 1. The molecule has 26 heavy (non-hydrogen) atoms. The molecule has 0 amide bonds. The van der Waals surface area contributed by atoms with E-state index in [1.54, 1.807) is 16.7 Å². The molecular weight excluding hydrogens is 390 g/mol. The minimum absolute atomic E-state index is 0.00423. The van der Waals surface area contributed by atoms with Crippen LogP contribution in [-0.4, -0.2) is 14.9 Å². The highest BCUT2D eigenvalue weighted by Crippen LogP contribution is 2.20. The molecule has 3 rings (SSSR count). The molecule has 0 fully saturated rings. The molecule has 0 unspecified atom stereocenters. The Bertz CT molecular complexity index is 1030. The SMILES string of the molecule is CCCC=Cc1cccc2c1n(C)c(=N)n2CC(=O)c1ccc(Br)cc1. The number of hydrogen-bond acceptors (Lipinski definition) is 2. The second-order valence-electron chi connectivity index (χ2n) is 6.30. The third-order valence-corrected chi connectivity index (χ3v) is 4.99. The minimum Gasteiger partial charge on any atom is -0.313 e. The predicted molar refractivity (Wildman–Crippen MR) is 109 cm³/mol. The van der Waals surface area contributed by atoms with Gasteiger partial charge in [0.15, 0.2) is 5.78 Å². The van der Waals surface area contributed by atoms with Gasteiger partial charge < -0.3 is 9.13 Å². The lowest BCUT2D eigenvalue weighted by atomic mass is 10.1. The van der Waals surface area contributed by atoms with Crippen molar-refractivity contribution in [2.75, 3.05) is 0 Å². The first-order chi connectivity index (χ1) is 12.5. The molecule has 0 radical (unpaired) electrons. The number of aryl methyl sites for hydroxylation is 1. The van der Waals surface area contributed by atoms with Crippen molar-refractivity contribution in [2.24, 2.45) is 7.05 Å². The lowest BCUT2D eigenvalue weighted by Gasteiger charge is -2.05. The number of nitrogens with zero attached hydrogens (tertiary/aromatic N) is 2. The summed E-state index contributed by atoms with van der Waals surface area (Å²) >= 11 is 3.39. The topological polar surface area (TPSA) is 50.8 Å². The van der Waals surface area contributed by atoms with Crippen molar-refractivity contribution in [3.8, 4) is 0 Å². The van der Waals surface area contributed by atoms with Crippen LogP contribution in [0.1, 0.15) is 35.7 Å². The number of Topliss-reactive ketones (excluding diaryl/α,β-unsaturated/α-hetero) is 1. The number of carbonyl (C=O) groups excluding carboxylic acids is 1. The lowest BCUT2D eigenvalue weighted by molar-refractivity contribution is 0.0971. The van der Waals surface area contributed by atoms with E-state index >= 15 is 0 Å². The Kier molecular flexibility index (Phi) is 5.57. The second-order valence-corrected chi connectivity index (χ2v) is 7.22. The summed E-state index contributed by atoms with van der Waals surface area (Å²) in [6, 6.07) is 13.3. The van der Waals surface area contributed by atoms with Gasteiger partial charge in [0.25, 0.3) is 0 Å². The zero-order chi connectivity index (χ0) is 18.7. The lowest BCUT2D eigenvalue weighted by Crippen LogP contribution is -2.25. The monoisotopic (exact) mass is 411 g/mol. The van der Waals surface area contributed by atoms with Gasteiger partial charge in [-0.1, -0.05) is 65.7 Å². The number of carbonyl (C=O) groups is 1. The van der Waals surface area contributed by atoms with Crippen LogP contribution in [0.2, 0.25) is 0 Å². The van der Waals surface area contributed by atoms with Crippen LogP contribution in [-0.2, 0) is 13.6 Å². The van der Waals surface area contributed by atoms with Crippen LogP contribution >= 0.6 is 15.9 Å². The summed E-state index contributed by atoms with van der Waals surface area (Å²) in [6.45, 7) is 2.30. The molecule has 134 valence electrons. The van der Waals surface area contributed by atoms with E-state index in [9.17, 15) is 4.79 Å². The third-order valence-electron chi connectivity index (χ3n) is 4.47. The molecule has 5 heteroatoms. The Morgan fingerprint density at radius 3 is 2.62 bits per heavy atom. The molecule has 2 aromatic carbocycles. The van der Waals surface area contributed by atoms with E-state index in [-0.39, 0.29) is 12.3 Å².